The highest BCUT2D eigenvalue weighted by Crippen LogP contribution is 2.29. The second-order valence-corrected chi connectivity index (χ2v) is 5.92. The summed E-state index contributed by atoms with van der Waals surface area (Å²) in [5.74, 6) is 0.667. The van der Waals surface area contributed by atoms with E-state index < -0.39 is 0 Å². The second-order valence-electron chi connectivity index (χ2n) is 5.92. The average molecular weight is 356 g/mol. The monoisotopic (exact) mass is 356 g/mol. The van der Waals surface area contributed by atoms with E-state index in [1.807, 2.05) is 31.2 Å². The van der Waals surface area contributed by atoms with Gasteiger partial charge in [0, 0.05) is 25.2 Å². The number of benzene rings is 2. The normalized spacial score (nSPS) is 10.2. The lowest BCUT2D eigenvalue weighted by Crippen LogP contribution is -2.36. The maximum Gasteiger partial charge on any atom is 0.244 e. The Hall–Kier alpha value is -3.02. The van der Waals surface area contributed by atoms with Gasteiger partial charge >= 0.3 is 0 Å². The van der Waals surface area contributed by atoms with Crippen LogP contribution in [-0.4, -0.2) is 37.5 Å². The summed E-state index contributed by atoms with van der Waals surface area (Å²) in [5, 5.41) is 2.79. The molecule has 1 N–H and O–H groups in total. The molecule has 0 aliphatic carbocycles. The van der Waals surface area contributed by atoms with Gasteiger partial charge in [-0.05, 0) is 30.2 Å². The molecular weight excluding hydrogens is 332 g/mol. The number of ether oxygens (including phenoxy) is 2. The van der Waals surface area contributed by atoms with Gasteiger partial charge in [0.1, 0.15) is 6.54 Å². The molecule has 0 spiro atoms. The van der Waals surface area contributed by atoms with E-state index in [2.05, 4.69) is 5.32 Å². The summed E-state index contributed by atoms with van der Waals surface area (Å²) >= 11 is 0. The molecule has 0 bridgehead atoms. The Labute approximate surface area is 153 Å². The summed E-state index contributed by atoms with van der Waals surface area (Å²) in [5.41, 5.74) is 2.67. The SMILES string of the molecule is COc1ccc(NC(=O)CN(Cc2ccccc2C)C(C)=O)cc1OC. The van der Waals surface area contributed by atoms with Crippen LogP contribution in [0.2, 0.25) is 0 Å². The molecule has 138 valence electrons. The molecule has 2 aromatic rings. The van der Waals surface area contributed by atoms with Gasteiger partial charge in [0.15, 0.2) is 11.5 Å². The van der Waals surface area contributed by atoms with Crippen LogP contribution >= 0.6 is 0 Å². The zero-order valence-electron chi connectivity index (χ0n) is 15.5. The van der Waals surface area contributed by atoms with Gasteiger partial charge in [0.05, 0.1) is 14.2 Å². The zero-order chi connectivity index (χ0) is 19.1. The number of nitrogens with zero attached hydrogens (tertiary/aromatic N) is 1. The Morgan fingerprint density at radius 2 is 1.73 bits per heavy atom. The molecule has 2 amide bonds. The maximum absolute atomic E-state index is 12.4. The third kappa shape index (κ3) is 4.99. The van der Waals surface area contributed by atoms with E-state index in [-0.39, 0.29) is 18.4 Å². The minimum atomic E-state index is -0.277. The van der Waals surface area contributed by atoms with Gasteiger partial charge in [-0.25, -0.2) is 0 Å². The van der Waals surface area contributed by atoms with Gasteiger partial charge in [-0.15, -0.1) is 0 Å². The first-order valence-electron chi connectivity index (χ1n) is 8.26. The van der Waals surface area contributed by atoms with Crippen LogP contribution in [0, 0.1) is 6.92 Å². The van der Waals surface area contributed by atoms with Gasteiger partial charge in [-0.3, -0.25) is 9.59 Å². The first kappa shape index (κ1) is 19.3. The number of anilines is 1. The van der Waals surface area contributed by atoms with Crippen LogP contribution in [0.15, 0.2) is 42.5 Å². The van der Waals surface area contributed by atoms with Crippen molar-refractivity contribution in [2.45, 2.75) is 20.4 Å². The number of amides is 2. The molecule has 26 heavy (non-hydrogen) atoms. The quantitative estimate of drug-likeness (QED) is 0.828. The molecule has 6 nitrogen and oxygen atoms in total. The number of methoxy groups -OCH3 is 2. The number of hydrogen-bond acceptors (Lipinski definition) is 4. The summed E-state index contributed by atoms with van der Waals surface area (Å²) in [6.07, 6.45) is 0. The fraction of sp³-hybridized carbons (Fsp3) is 0.300. The van der Waals surface area contributed by atoms with Crippen LogP contribution in [0.25, 0.3) is 0 Å². The van der Waals surface area contributed by atoms with Crippen molar-refractivity contribution >= 4 is 17.5 Å². The summed E-state index contributed by atoms with van der Waals surface area (Å²) < 4.78 is 10.4. The lowest BCUT2D eigenvalue weighted by molar-refractivity contribution is -0.133. The number of nitrogens with one attached hydrogen (secondary N) is 1. The van der Waals surface area contributed by atoms with Crippen molar-refractivity contribution in [3.8, 4) is 11.5 Å². The minimum Gasteiger partial charge on any atom is -0.493 e. The Balaban J connectivity index is 2.06. The van der Waals surface area contributed by atoms with Gasteiger partial charge in [-0.2, -0.15) is 0 Å². The van der Waals surface area contributed by atoms with Crippen molar-refractivity contribution < 1.29 is 19.1 Å². The molecule has 0 aromatic heterocycles. The first-order chi connectivity index (χ1) is 12.4. The van der Waals surface area contributed by atoms with Crippen molar-refractivity contribution in [1.29, 1.82) is 0 Å². The molecule has 0 radical (unpaired) electrons. The maximum atomic E-state index is 12.4. The highest BCUT2D eigenvalue weighted by molar-refractivity contribution is 5.94. The Morgan fingerprint density at radius 3 is 2.35 bits per heavy atom. The number of hydrogen-bond donors (Lipinski definition) is 1. The third-order valence-electron chi connectivity index (χ3n) is 4.07. The van der Waals surface area contributed by atoms with E-state index >= 15 is 0 Å². The predicted octanol–water partition coefficient (Wildman–Crippen LogP) is 3.00. The van der Waals surface area contributed by atoms with Crippen LogP contribution in [-0.2, 0) is 16.1 Å². The lowest BCUT2D eigenvalue weighted by Gasteiger charge is -2.21. The van der Waals surface area contributed by atoms with E-state index in [1.165, 1.54) is 18.9 Å². The summed E-state index contributed by atoms with van der Waals surface area (Å²) in [7, 11) is 3.08. The fourth-order valence-electron chi connectivity index (χ4n) is 2.56. The van der Waals surface area contributed by atoms with Crippen LogP contribution in [0.4, 0.5) is 5.69 Å². The van der Waals surface area contributed by atoms with Gasteiger partial charge in [0.25, 0.3) is 0 Å². The molecule has 0 aliphatic rings. The van der Waals surface area contributed by atoms with E-state index in [4.69, 9.17) is 9.47 Å². The van der Waals surface area contributed by atoms with E-state index in [9.17, 15) is 9.59 Å². The minimum absolute atomic E-state index is 0.0297. The molecule has 0 heterocycles. The largest absolute Gasteiger partial charge is 0.493 e. The molecule has 6 heteroatoms. The number of rotatable bonds is 7. The number of carbonyl (C=O) groups is 2. The fourth-order valence-corrected chi connectivity index (χ4v) is 2.56. The van der Waals surface area contributed by atoms with Crippen molar-refractivity contribution in [3.63, 3.8) is 0 Å². The number of aryl methyl sites for hydroxylation is 1. The zero-order valence-corrected chi connectivity index (χ0v) is 15.5. The second kappa shape index (κ2) is 8.89. The highest BCUT2D eigenvalue weighted by Gasteiger charge is 2.16. The van der Waals surface area contributed by atoms with Gasteiger partial charge in [-0.1, -0.05) is 24.3 Å². The Kier molecular flexibility index (Phi) is 6.60. The van der Waals surface area contributed by atoms with Crippen molar-refractivity contribution in [3.05, 3.63) is 53.6 Å². The number of carbonyl (C=O) groups excluding carboxylic acids is 2. The average Bonchev–Trinajstić information content (AvgIpc) is 2.62. The molecule has 0 unspecified atom stereocenters. The van der Waals surface area contributed by atoms with E-state index in [1.54, 1.807) is 25.3 Å². The topological polar surface area (TPSA) is 67.9 Å². The van der Waals surface area contributed by atoms with E-state index in [0.717, 1.165) is 11.1 Å². The Bertz CT molecular complexity index is 789. The van der Waals surface area contributed by atoms with Crippen LogP contribution in [0.5, 0.6) is 11.5 Å². The highest BCUT2D eigenvalue weighted by atomic mass is 16.5. The summed E-state index contributed by atoms with van der Waals surface area (Å²) in [6, 6.07) is 12.9. The van der Waals surface area contributed by atoms with E-state index in [0.29, 0.717) is 23.7 Å². The lowest BCUT2D eigenvalue weighted by atomic mass is 10.1. The molecule has 0 fully saturated rings. The van der Waals surface area contributed by atoms with Crippen molar-refractivity contribution in [1.82, 2.24) is 4.90 Å². The summed E-state index contributed by atoms with van der Waals surface area (Å²) in [4.78, 5) is 25.8. The molecule has 0 atom stereocenters. The first-order valence-corrected chi connectivity index (χ1v) is 8.26. The molecular formula is C20H24N2O4. The molecule has 2 aromatic carbocycles. The van der Waals surface area contributed by atoms with Gasteiger partial charge < -0.3 is 19.7 Å². The van der Waals surface area contributed by atoms with Crippen LogP contribution in [0.1, 0.15) is 18.1 Å². The molecule has 0 aliphatic heterocycles. The molecule has 0 saturated carbocycles. The standard InChI is InChI=1S/C20H24N2O4/c1-14-7-5-6-8-16(14)12-22(15(2)23)13-20(24)21-17-9-10-18(25-3)19(11-17)26-4/h5-11H,12-13H2,1-4H3,(H,21,24). The van der Waals surface area contributed by atoms with Gasteiger partial charge in [0.2, 0.25) is 11.8 Å². The molecule has 2 rings (SSSR count). The van der Waals surface area contributed by atoms with Crippen LogP contribution < -0.4 is 14.8 Å². The van der Waals surface area contributed by atoms with Crippen molar-refractivity contribution in [2.24, 2.45) is 0 Å². The third-order valence-corrected chi connectivity index (χ3v) is 4.07. The van der Waals surface area contributed by atoms with Crippen LogP contribution in [0.3, 0.4) is 0 Å². The predicted molar refractivity (Wildman–Crippen MR) is 100 cm³/mol. The smallest absolute Gasteiger partial charge is 0.244 e. The Morgan fingerprint density at radius 1 is 1.04 bits per heavy atom. The van der Waals surface area contributed by atoms with Crippen molar-refractivity contribution in [2.75, 3.05) is 26.1 Å². The molecule has 0 saturated heterocycles. The summed E-state index contributed by atoms with van der Waals surface area (Å²) in [6.45, 7) is 3.80.